The number of benzene rings is 1. The van der Waals surface area contributed by atoms with Gasteiger partial charge in [-0.1, -0.05) is 13.8 Å². The van der Waals surface area contributed by atoms with Crippen molar-refractivity contribution in [2.75, 3.05) is 5.73 Å². The normalized spacial score (nSPS) is 10.9. The van der Waals surface area contributed by atoms with E-state index >= 15 is 0 Å². The zero-order valence-electron chi connectivity index (χ0n) is 9.54. The molecule has 0 bridgehead atoms. The predicted molar refractivity (Wildman–Crippen MR) is 65.7 cm³/mol. The molecule has 3 nitrogen and oxygen atoms in total. The second-order valence-corrected chi connectivity index (χ2v) is 3.81. The minimum absolute atomic E-state index is 0.238. The third-order valence-corrected chi connectivity index (χ3v) is 2.85. The number of nitrogen functional groups attached to an aromatic ring is 1. The first kappa shape index (κ1) is 10.7. The van der Waals surface area contributed by atoms with Crippen LogP contribution in [0.5, 0.6) is 0 Å². The summed E-state index contributed by atoms with van der Waals surface area (Å²) in [5, 5.41) is 0.994. The molecule has 3 heteroatoms. The van der Waals surface area contributed by atoms with Crippen molar-refractivity contribution in [3.8, 4) is 0 Å². The van der Waals surface area contributed by atoms with E-state index in [1.54, 1.807) is 6.07 Å². The van der Waals surface area contributed by atoms with E-state index in [0.29, 0.717) is 17.7 Å². The van der Waals surface area contributed by atoms with Crippen LogP contribution in [-0.2, 0) is 12.8 Å². The number of aryl methyl sites for hydroxylation is 1. The van der Waals surface area contributed by atoms with Gasteiger partial charge in [-0.05, 0) is 30.5 Å². The molecule has 1 aromatic heterocycles. The molecule has 84 valence electrons. The van der Waals surface area contributed by atoms with Gasteiger partial charge in [0.05, 0.1) is 0 Å². The van der Waals surface area contributed by atoms with Crippen molar-refractivity contribution in [2.45, 2.75) is 26.7 Å². The summed E-state index contributed by atoms with van der Waals surface area (Å²) in [6.07, 6.45) is 1.53. The molecule has 0 saturated carbocycles. The van der Waals surface area contributed by atoms with Gasteiger partial charge in [-0.25, -0.2) is 4.79 Å². The molecule has 0 amide bonds. The molecule has 0 fully saturated rings. The number of hydrogen-bond acceptors (Lipinski definition) is 3. The number of anilines is 1. The first-order valence-electron chi connectivity index (χ1n) is 5.51. The van der Waals surface area contributed by atoms with Gasteiger partial charge >= 0.3 is 5.63 Å². The molecule has 2 aromatic rings. The van der Waals surface area contributed by atoms with E-state index in [0.717, 1.165) is 22.9 Å². The van der Waals surface area contributed by atoms with Crippen molar-refractivity contribution in [3.63, 3.8) is 0 Å². The first-order chi connectivity index (χ1) is 7.67. The minimum atomic E-state index is -0.238. The maximum atomic E-state index is 11.7. The summed E-state index contributed by atoms with van der Waals surface area (Å²) in [6, 6.07) is 5.46. The third kappa shape index (κ3) is 1.58. The molecule has 1 aromatic carbocycles. The van der Waals surface area contributed by atoms with Gasteiger partial charge in [0.15, 0.2) is 0 Å². The lowest BCUT2D eigenvalue weighted by Crippen LogP contribution is -2.10. The highest BCUT2D eigenvalue weighted by Gasteiger charge is 2.11. The molecule has 0 saturated heterocycles. The van der Waals surface area contributed by atoms with Crippen LogP contribution in [0.25, 0.3) is 11.0 Å². The molecule has 0 aliphatic rings. The Hall–Kier alpha value is -1.77. The van der Waals surface area contributed by atoms with Crippen molar-refractivity contribution in [2.24, 2.45) is 0 Å². The number of rotatable bonds is 2. The highest BCUT2D eigenvalue weighted by Crippen LogP contribution is 2.22. The van der Waals surface area contributed by atoms with Gasteiger partial charge in [-0.15, -0.1) is 0 Å². The quantitative estimate of drug-likeness (QED) is 0.621. The average molecular weight is 217 g/mol. The molecule has 0 atom stereocenters. The summed E-state index contributed by atoms with van der Waals surface area (Å²) in [7, 11) is 0. The lowest BCUT2D eigenvalue weighted by molar-refractivity contribution is 0.549. The lowest BCUT2D eigenvalue weighted by atomic mass is 10.0. The van der Waals surface area contributed by atoms with Crippen LogP contribution >= 0.6 is 0 Å². The zero-order valence-corrected chi connectivity index (χ0v) is 9.54. The molecule has 2 N–H and O–H groups in total. The Morgan fingerprint density at radius 1 is 1.19 bits per heavy atom. The van der Waals surface area contributed by atoms with Crippen molar-refractivity contribution >= 4 is 16.7 Å². The molecule has 16 heavy (non-hydrogen) atoms. The zero-order chi connectivity index (χ0) is 11.7. The van der Waals surface area contributed by atoms with E-state index < -0.39 is 0 Å². The standard InChI is InChI=1S/C13H15NO2/c1-3-9-10(4-2)13(15)16-12-7-8(14)5-6-11(9)12/h5-7H,3-4,14H2,1-2H3. The Balaban J connectivity index is 2.90. The van der Waals surface area contributed by atoms with E-state index in [1.165, 1.54) is 0 Å². The summed E-state index contributed by atoms with van der Waals surface area (Å²) in [5.74, 6) is 0. The van der Waals surface area contributed by atoms with Gasteiger partial charge < -0.3 is 10.2 Å². The van der Waals surface area contributed by atoms with E-state index in [-0.39, 0.29) is 5.63 Å². The maximum absolute atomic E-state index is 11.7. The number of fused-ring (bicyclic) bond motifs is 1. The van der Waals surface area contributed by atoms with Crippen molar-refractivity contribution in [1.82, 2.24) is 0 Å². The minimum Gasteiger partial charge on any atom is -0.422 e. The third-order valence-electron chi connectivity index (χ3n) is 2.85. The van der Waals surface area contributed by atoms with Crippen LogP contribution in [0, 0.1) is 0 Å². The van der Waals surface area contributed by atoms with Gasteiger partial charge in [-0.3, -0.25) is 0 Å². The Bertz CT molecular complexity index is 584. The summed E-state index contributed by atoms with van der Waals surface area (Å²) in [5.41, 5.74) is 8.49. The topological polar surface area (TPSA) is 56.2 Å². The molecule has 0 aliphatic heterocycles. The van der Waals surface area contributed by atoms with Crippen LogP contribution in [0.15, 0.2) is 27.4 Å². The van der Waals surface area contributed by atoms with Crippen LogP contribution in [0.1, 0.15) is 25.0 Å². The Kier molecular flexibility index (Phi) is 2.69. The lowest BCUT2D eigenvalue weighted by Gasteiger charge is -2.08. The van der Waals surface area contributed by atoms with Gasteiger partial charge in [0.1, 0.15) is 5.58 Å². The van der Waals surface area contributed by atoms with Crippen LogP contribution in [0.4, 0.5) is 5.69 Å². The highest BCUT2D eigenvalue weighted by molar-refractivity contribution is 5.83. The monoisotopic (exact) mass is 217 g/mol. The van der Waals surface area contributed by atoms with Crippen molar-refractivity contribution in [1.29, 1.82) is 0 Å². The molecule has 0 aliphatic carbocycles. The highest BCUT2D eigenvalue weighted by atomic mass is 16.4. The van der Waals surface area contributed by atoms with Crippen LogP contribution in [0.2, 0.25) is 0 Å². The fourth-order valence-corrected chi connectivity index (χ4v) is 2.08. The van der Waals surface area contributed by atoms with Crippen molar-refractivity contribution < 1.29 is 4.42 Å². The maximum Gasteiger partial charge on any atom is 0.339 e. The van der Waals surface area contributed by atoms with Gasteiger partial charge in [0, 0.05) is 22.7 Å². The number of hydrogen-bond donors (Lipinski definition) is 1. The Morgan fingerprint density at radius 2 is 1.88 bits per heavy atom. The van der Waals surface area contributed by atoms with E-state index in [9.17, 15) is 4.79 Å². The molecule has 2 rings (SSSR count). The SMILES string of the molecule is CCc1c(CC)c2ccc(N)cc2oc1=O. The summed E-state index contributed by atoms with van der Waals surface area (Å²) in [4.78, 5) is 11.7. The van der Waals surface area contributed by atoms with Crippen LogP contribution in [-0.4, -0.2) is 0 Å². The summed E-state index contributed by atoms with van der Waals surface area (Å²) in [6.45, 7) is 4.01. The molecule has 0 radical (unpaired) electrons. The van der Waals surface area contributed by atoms with Crippen LogP contribution in [0.3, 0.4) is 0 Å². The van der Waals surface area contributed by atoms with E-state index in [4.69, 9.17) is 10.2 Å². The molecular weight excluding hydrogens is 202 g/mol. The van der Waals surface area contributed by atoms with Gasteiger partial charge in [0.25, 0.3) is 0 Å². The molecule has 0 spiro atoms. The average Bonchev–Trinajstić information content (AvgIpc) is 2.26. The van der Waals surface area contributed by atoms with E-state index in [2.05, 4.69) is 0 Å². The fourth-order valence-electron chi connectivity index (χ4n) is 2.08. The van der Waals surface area contributed by atoms with Crippen LogP contribution < -0.4 is 11.4 Å². The Morgan fingerprint density at radius 3 is 2.50 bits per heavy atom. The number of nitrogens with two attached hydrogens (primary N) is 1. The largest absolute Gasteiger partial charge is 0.422 e. The Labute approximate surface area is 93.9 Å². The molecule has 0 unspecified atom stereocenters. The predicted octanol–water partition coefficient (Wildman–Crippen LogP) is 2.50. The molecule has 1 heterocycles. The first-order valence-corrected chi connectivity index (χ1v) is 5.51. The fraction of sp³-hybridized carbons (Fsp3) is 0.308. The molecular formula is C13H15NO2. The smallest absolute Gasteiger partial charge is 0.339 e. The summed E-state index contributed by atoms with van der Waals surface area (Å²) >= 11 is 0. The van der Waals surface area contributed by atoms with Gasteiger partial charge in [0.2, 0.25) is 0 Å². The van der Waals surface area contributed by atoms with E-state index in [1.807, 2.05) is 26.0 Å². The summed E-state index contributed by atoms with van der Waals surface area (Å²) < 4.78 is 5.27. The second kappa shape index (κ2) is 4.00. The van der Waals surface area contributed by atoms with Gasteiger partial charge in [-0.2, -0.15) is 0 Å². The second-order valence-electron chi connectivity index (χ2n) is 3.81. The van der Waals surface area contributed by atoms with Crippen molar-refractivity contribution in [3.05, 3.63) is 39.7 Å².